The first kappa shape index (κ1) is 7.32. The minimum atomic E-state index is 0.236. The number of aromatic amines is 1. The average molecular weight is 185 g/mol. The van der Waals surface area contributed by atoms with Crippen molar-refractivity contribution >= 4 is 21.7 Å². The molecule has 0 aliphatic rings. The van der Waals surface area contributed by atoms with Gasteiger partial charge in [0.25, 0.3) is 0 Å². The van der Waals surface area contributed by atoms with Crippen molar-refractivity contribution in [1.29, 1.82) is 0 Å². The fourth-order valence-electron chi connectivity index (χ4n) is 1.62. The van der Waals surface area contributed by atoms with Crippen LogP contribution in [0.4, 0.5) is 0 Å². The maximum Gasteiger partial charge on any atom is 0.135 e. The van der Waals surface area contributed by atoms with Gasteiger partial charge in [0.2, 0.25) is 0 Å². The summed E-state index contributed by atoms with van der Waals surface area (Å²) in [6, 6.07) is 3.80. The third-order valence-electron chi connectivity index (χ3n) is 2.33. The number of rotatable bonds is 0. The van der Waals surface area contributed by atoms with E-state index < -0.39 is 0 Å². The molecule has 0 fully saturated rings. The highest BCUT2D eigenvalue weighted by Gasteiger charge is 2.06. The van der Waals surface area contributed by atoms with Gasteiger partial charge in [-0.2, -0.15) is 5.10 Å². The molecular weight excluding hydrogens is 178 g/mol. The summed E-state index contributed by atoms with van der Waals surface area (Å²) >= 11 is 0. The molecule has 0 amide bonds. The summed E-state index contributed by atoms with van der Waals surface area (Å²) in [6.45, 7) is 0. The normalized spacial score (nSPS) is 11.1. The Kier molecular flexibility index (Phi) is 1.28. The van der Waals surface area contributed by atoms with Gasteiger partial charge in [-0.1, -0.05) is 0 Å². The molecule has 0 radical (unpaired) electrons. The Morgan fingerprint density at radius 1 is 1.21 bits per heavy atom. The predicted molar refractivity (Wildman–Crippen MR) is 53.1 cm³/mol. The van der Waals surface area contributed by atoms with Crippen molar-refractivity contribution < 1.29 is 5.11 Å². The number of hydrogen-bond acceptors (Lipinski definition) is 3. The predicted octanol–water partition coefficient (Wildman–Crippen LogP) is 1.82. The maximum atomic E-state index is 9.90. The Bertz CT molecular complexity index is 615. The number of fused-ring (bicyclic) bond motifs is 2. The third kappa shape index (κ3) is 0.821. The first-order valence-electron chi connectivity index (χ1n) is 4.25. The van der Waals surface area contributed by atoms with Crippen molar-refractivity contribution in [2.45, 2.75) is 0 Å². The molecule has 2 heterocycles. The Balaban J connectivity index is 2.63. The number of phenolic OH excluding ortho intramolecular Hbond substituents is 1. The Labute approximate surface area is 79.2 Å². The molecule has 3 aromatic rings. The van der Waals surface area contributed by atoms with Crippen LogP contribution in [0.15, 0.2) is 30.7 Å². The topological polar surface area (TPSA) is 61.8 Å². The van der Waals surface area contributed by atoms with Crippen molar-refractivity contribution in [3.8, 4) is 5.75 Å². The van der Waals surface area contributed by atoms with E-state index in [1.165, 1.54) is 0 Å². The average Bonchev–Trinajstić information content (AvgIpc) is 2.66. The van der Waals surface area contributed by atoms with Gasteiger partial charge >= 0.3 is 0 Å². The Hall–Kier alpha value is -2.10. The highest BCUT2D eigenvalue weighted by atomic mass is 16.3. The van der Waals surface area contributed by atoms with E-state index in [9.17, 15) is 5.11 Å². The molecule has 2 aromatic heterocycles. The number of phenols is 1. The molecule has 0 bridgehead atoms. The van der Waals surface area contributed by atoms with E-state index in [2.05, 4.69) is 15.2 Å². The lowest BCUT2D eigenvalue weighted by atomic mass is 10.1. The van der Waals surface area contributed by atoms with Gasteiger partial charge in [-0.15, -0.1) is 0 Å². The molecular formula is C10H7N3O. The smallest absolute Gasteiger partial charge is 0.135 e. The molecule has 68 valence electrons. The summed E-state index contributed by atoms with van der Waals surface area (Å²) in [7, 11) is 0. The Morgan fingerprint density at radius 3 is 3.07 bits per heavy atom. The summed E-state index contributed by atoms with van der Waals surface area (Å²) in [6.07, 6.45) is 4.96. The maximum absolute atomic E-state index is 9.90. The van der Waals surface area contributed by atoms with Crippen molar-refractivity contribution in [2.24, 2.45) is 0 Å². The van der Waals surface area contributed by atoms with Gasteiger partial charge < -0.3 is 5.11 Å². The standard InChI is InChI=1S/C10H7N3O/c14-10-7-4-11-2-1-6(7)3-9-8(10)5-12-13-9/h1-5,14H,(H,12,13). The van der Waals surface area contributed by atoms with Crippen molar-refractivity contribution in [1.82, 2.24) is 15.2 Å². The number of nitrogens with zero attached hydrogens (tertiary/aromatic N) is 2. The quantitative estimate of drug-likeness (QED) is 0.561. The second kappa shape index (κ2) is 2.45. The number of aromatic nitrogens is 3. The summed E-state index contributed by atoms with van der Waals surface area (Å²) in [5.41, 5.74) is 0.834. The van der Waals surface area contributed by atoms with Crippen LogP contribution in [0.1, 0.15) is 0 Å². The molecule has 0 spiro atoms. The number of H-pyrrole nitrogens is 1. The zero-order chi connectivity index (χ0) is 9.54. The molecule has 0 aliphatic carbocycles. The van der Waals surface area contributed by atoms with Crippen molar-refractivity contribution in [3.63, 3.8) is 0 Å². The lowest BCUT2D eigenvalue weighted by Gasteiger charge is -2.00. The van der Waals surface area contributed by atoms with Gasteiger partial charge in [0.1, 0.15) is 5.75 Å². The van der Waals surface area contributed by atoms with Crippen LogP contribution < -0.4 is 0 Å². The van der Waals surface area contributed by atoms with E-state index >= 15 is 0 Å². The molecule has 0 unspecified atom stereocenters. The van der Waals surface area contributed by atoms with E-state index in [0.29, 0.717) is 0 Å². The first-order valence-corrected chi connectivity index (χ1v) is 4.25. The van der Waals surface area contributed by atoms with E-state index in [-0.39, 0.29) is 5.75 Å². The summed E-state index contributed by atoms with van der Waals surface area (Å²) < 4.78 is 0. The molecule has 4 nitrogen and oxygen atoms in total. The van der Waals surface area contributed by atoms with Crippen LogP contribution in [0.5, 0.6) is 5.75 Å². The third-order valence-corrected chi connectivity index (χ3v) is 2.33. The monoisotopic (exact) mass is 185 g/mol. The molecule has 14 heavy (non-hydrogen) atoms. The number of pyridine rings is 1. The molecule has 0 atom stereocenters. The van der Waals surface area contributed by atoms with Gasteiger partial charge in [0.15, 0.2) is 0 Å². The van der Waals surface area contributed by atoms with Gasteiger partial charge in [0.05, 0.1) is 17.1 Å². The van der Waals surface area contributed by atoms with E-state index in [0.717, 1.165) is 21.7 Å². The number of aromatic hydroxyl groups is 1. The van der Waals surface area contributed by atoms with Crippen molar-refractivity contribution in [3.05, 3.63) is 30.7 Å². The fourth-order valence-corrected chi connectivity index (χ4v) is 1.62. The molecule has 0 aliphatic heterocycles. The molecule has 1 aromatic carbocycles. The summed E-state index contributed by atoms with van der Waals surface area (Å²) in [5.74, 6) is 0.236. The van der Waals surface area contributed by atoms with Gasteiger partial charge in [-0.25, -0.2) is 0 Å². The minimum Gasteiger partial charge on any atom is -0.506 e. The van der Waals surface area contributed by atoms with Crippen LogP contribution >= 0.6 is 0 Å². The van der Waals surface area contributed by atoms with Crippen LogP contribution in [0, 0.1) is 0 Å². The summed E-state index contributed by atoms with van der Waals surface area (Å²) in [5, 5.41) is 19.0. The first-order chi connectivity index (χ1) is 6.86. The molecule has 3 rings (SSSR count). The number of hydrogen-bond donors (Lipinski definition) is 2. The Morgan fingerprint density at radius 2 is 2.14 bits per heavy atom. The van der Waals surface area contributed by atoms with Crippen LogP contribution in [-0.2, 0) is 0 Å². The molecule has 0 saturated heterocycles. The van der Waals surface area contributed by atoms with E-state index in [1.54, 1.807) is 18.6 Å². The van der Waals surface area contributed by atoms with E-state index in [4.69, 9.17) is 0 Å². The molecule has 0 saturated carbocycles. The molecule has 4 heteroatoms. The zero-order valence-electron chi connectivity index (χ0n) is 7.23. The van der Waals surface area contributed by atoms with Gasteiger partial charge in [-0.3, -0.25) is 10.1 Å². The lowest BCUT2D eigenvalue weighted by molar-refractivity contribution is 0.487. The lowest BCUT2D eigenvalue weighted by Crippen LogP contribution is -1.78. The largest absolute Gasteiger partial charge is 0.506 e. The highest BCUT2D eigenvalue weighted by molar-refractivity contribution is 6.02. The van der Waals surface area contributed by atoms with Crippen LogP contribution in [0.25, 0.3) is 21.7 Å². The zero-order valence-corrected chi connectivity index (χ0v) is 7.23. The second-order valence-corrected chi connectivity index (χ2v) is 3.15. The second-order valence-electron chi connectivity index (χ2n) is 3.15. The highest BCUT2D eigenvalue weighted by Crippen LogP contribution is 2.31. The number of nitrogens with one attached hydrogen (secondary N) is 1. The number of benzene rings is 1. The summed E-state index contributed by atoms with van der Waals surface area (Å²) in [4.78, 5) is 3.97. The van der Waals surface area contributed by atoms with Crippen molar-refractivity contribution in [2.75, 3.05) is 0 Å². The minimum absolute atomic E-state index is 0.236. The van der Waals surface area contributed by atoms with Gasteiger partial charge in [0, 0.05) is 17.8 Å². The fraction of sp³-hybridized carbons (Fsp3) is 0. The molecule has 2 N–H and O–H groups in total. The van der Waals surface area contributed by atoms with Crippen LogP contribution in [0.2, 0.25) is 0 Å². The SMILES string of the molecule is Oc1c2cnccc2cc2[nH]ncc12. The van der Waals surface area contributed by atoms with E-state index in [1.807, 2.05) is 12.1 Å². The van der Waals surface area contributed by atoms with Gasteiger partial charge in [-0.05, 0) is 17.5 Å². The van der Waals surface area contributed by atoms with Crippen LogP contribution in [0.3, 0.4) is 0 Å². The van der Waals surface area contributed by atoms with Crippen LogP contribution in [-0.4, -0.2) is 20.3 Å².